The molecule has 1 aliphatic rings. The average Bonchev–Trinajstić information content (AvgIpc) is 2.91. The Hall–Kier alpha value is -3.85. The number of carbonyl (C=O) groups excluding carboxylic acids is 2. The van der Waals surface area contributed by atoms with E-state index in [4.69, 9.17) is 9.47 Å². The second-order valence-electron chi connectivity index (χ2n) is 8.62. The van der Waals surface area contributed by atoms with E-state index < -0.39 is 30.2 Å². The highest BCUT2D eigenvalue weighted by molar-refractivity contribution is 5.96. The van der Waals surface area contributed by atoms with Crippen LogP contribution in [-0.4, -0.2) is 44.8 Å². The van der Waals surface area contributed by atoms with Gasteiger partial charge in [0, 0.05) is 19.0 Å². The van der Waals surface area contributed by atoms with E-state index >= 15 is 0 Å². The van der Waals surface area contributed by atoms with Crippen LogP contribution in [0.25, 0.3) is 0 Å². The van der Waals surface area contributed by atoms with Crippen molar-refractivity contribution in [3.63, 3.8) is 0 Å². The van der Waals surface area contributed by atoms with E-state index in [0.29, 0.717) is 32.0 Å². The molecule has 1 N–H and O–H groups in total. The highest BCUT2D eigenvalue weighted by atomic mass is 19.4. The highest BCUT2D eigenvalue weighted by Gasteiger charge is 2.32. The highest BCUT2D eigenvalue weighted by Crippen LogP contribution is 2.36. The number of hydrogen-bond donors (Lipinski definition) is 1. The van der Waals surface area contributed by atoms with Crippen molar-refractivity contribution in [3.05, 3.63) is 95.6 Å². The fourth-order valence-electron chi connectivity index (χ4n) is 4.25. The van der Waals surface area contributed by atoms with Gasteiger partial charge in [0.2, 0.25) is 0 Å². The van der Waals surface area contributed by atoms with E-state index in [0.717, 1.165) is 23.3 Å². The molecular formula is C28H27F3N2O4. The molecule has 0 spiro atoms. The van der Waals surface area contributed by atoms with E-state index in [2.05, 4.69) is 5.32 Å². The molecular weight excluding hydrogens is 485 g/mol. The Morgan fingerprint density at radius 1 is 0.919 bits per heavy atom. The molecule has 1 fully saturated rings. The van der Waals surface area contributed by atoms with Gasteiger partial charge < -0.3 is 19.7 Å². The van der Waals surface area contributed by atoms with Crippen LogP contribution in [0.1, 0.15) is 29.0 Å². The maximum atomic E-state index is 13.3. The second kappa shape index (κ2) is 11.9. The van der Waals surface area contributed by atoms with Crippen molar-refractivity contribution in [1.82, 2.24) is 0 Å². The molecule has 0 aliphatic carbocycles. The topological polar surface area (TPSA) is 67.9 Å². The van der Waals surface area contributed by atoms with Crippen molar-refractivity contribution >= 4 is 23.3 Å². The number of esters is 1. The third-order valence-electron chi connectivity index (χ3n) is 6.09. The number of nitrogens with one attached hydrogen (secondary N) is 1. The number of ether oxygens (including phenoxy) is 2. The summed E-state index contributed by atoms with van der Waals surface area (Å²) in [6, 6.07) is 22.2. The number of halogens is 3. The van der Waals surface area contributed by atoms with Gasteiger partial charge in [-0.1, -0.05) is 60.7 Å². The minimum atomic E-state index is -4.57. The fraction of sp³-hybridized carbons (Fsp3) is 0.286. The minimum Gasteiger partial charge on any atom is -0.456 e. The molecule has 194 valence electrons. The zero-order valence-corrected chi connectivity index (χ0v) is 20.0. The predicted molar refractivity (Wildman–Crippen MR) is 133 cm³/mol. The molecule has 0 radical (unpaired) electrons. The molecule has 1 saturated heterocycles. The van der Waals surface area contributed by atoms with Crippen LogP contribution >= 0.6 is 0 Å². The van der Waals surface area contributed by atoms with Crippen molar-refractivity contribution < 1.29 is 32.2 Å². The van der Waals surface area contributed by atoms with Crippen LogP contribution in [0.4, 0.5) is 24.5 Å². The van der Waals surface area contributed by atoms with Gasteiger partial charge in [-0.3, -0.25) is 9.59 Å². The number of hydrogen-bond acceptors (Lipinski definition) is 5. The van der Waals surface area contributed by atoms with Crippen molar-refractivity contribution in [2.75, 3.05) is 43.1 Å². The van der Waals surface area contributed by atoms with Crippen molar-refractivity contribution in [1.29, 1.82) is 0 Å². The van der Waals surface area contributed by atoms with E-state index in [1.807, 2.05) is 65.6 Å². The quantitative estimate of drug-likeness (QED) is 0.418. The predicted octanol–water partition coefficient (Wildman–Crippen LogP) is 5.25. The first-order valence-electron chi connectivity index (χ1n) is 11.9. The molecule has 0 aromatic heterocycles. The maximum Gasteiger partial charge on any atom is 0.416 e. The summed E-state index contributed by atoms with van der Waals surface area (Å²) in [5.41, 5.74) is 1.42. The van der Waals surface area contributed by atoms with Crippen LogP contribution < -0.4 is 10.2 Å². The molecule has 9 heteroatoms. The van der Waals surface area contributed by atoms with Gasteiger partial charge in [-0.25, -0.2) is 0 Å². The Bertz CT molecular complexity index is 1160. The molecule has 3 aromatic rings. The summed E-state index contributed by atoms with van der Waals surface area (Å²) in [7, 11) is 0. The van der Waals surface area contributed by atoms with Gasteiger partial charge in [-0.15, -0.1) is 0 Å². The summed E-state index contributed by atoms with van der Waals surface area (Å²) in [4.78, 5) is 27.2. The van der Waals surface area contributed by atoms with Gasteiger partial charge in [-0.2, -0.15) is 13.2 Å². The lowest BCUT2D eigenvalue weighted by Gasteiger charge is -2.31. The molecule has 0 bridgehead atoms. The SMILES string of the molecule is O=C(COC(=O)CC(c1ccccc1)c1ccccc1)Nc1cc(C(F)(F)F)ccc1N1CCOCC1. The summed E-state index contributed by atoms with van der Waals surface area (Å²) in [6.07, 6.45) is -4.57. The first-order chi connectivity index (χ1) is 17.8. The van der Waals surface area contributed by atoms with Crippen LogP contribution in [0.5, 0.6) is 0 Å². The monoisotopic (exact) mass is 512 g/mol. The Kier molecular flexibility index (Phi) is 8.45. The van der Waals surface area contributed by atoms with Crippen molar-refractivity contribution in [2.45, 2.75) is 18.5 Å². The van der Waals surface area contributed by atoms with Crippen LogP contribution in [0.3, 0.4) is 0 Å². The van der Waals surface area contributed by atoms with Gasteiger partial charge in [0.15, 0.2) is 6.61 Å². The van der Waals surface area contributed by atoms with E-state index in [1.165, 1.54) is 6.07 Å². The zero-order chi connectivity index (χ0) is 26.3. The Morgan fingerprint density at radius 3 is 2.08 bits per heavy atom. The lowest BCUT2D eigenvalue weighted by atomic mass is 9.89. The number of rotatable bonds is 8. The lowest BCUT2D eigenvalue weighted by Crippen LogP contribution is -2.37. The van der Waals surface area contributed by atoms with E-state index in [-0.39, 0.29) is 18.0 Å². The number of alkyl halides is 3. The number of morpholine rings is 1. The number of nitrogens with zero attached hydrogens (tertiary/aromatic N) is 1. The van der Waals surface area contributed by atoms with E-state index in [1.54, 1.807) is 0 Å². The molecule has 1 amide bonds. The van der Waals surface area contributed by atoms with Gasteiger partial charge >= 0.3 is 12.1 Å². The summed E-state index contributed by atoms with van der Waals surface area (Å²) >= 11 is 0. The molecule has 0 atom stereocenters. The Labute approximate surface area is 213 Å². The van der Waals surface area contributed by atoms with Crippen molar-refractivity contribution in [3.8, 4) is 0 Å². The van der Waals surface area contributed by atoms with Gasteiger partial charge in [-0.05, 0) is 29.3 Å². The number of amides is 1. The molecule has 6 nitrogen and oxygen atoms in total. The normalized spacial score (nSPS) is 13.9. The van der Waals surface area contributed by atoms with E-state index in [9.17, 15) is 22.8 Å². The molecule has 1 aliphatic heterocycles. The lowest BCUT2D eigenvalue weighted by molar-refractivity contribution is -0.147. The fourth-order valence-corrected chi connectivity index (χ4v) is 4.25. The zero-order valence-electron chi connectivity index (χ0n) is 20.0. The first kappa shape index (κ1) is 26.2. The van der Waals surface area contributed by atoms with Gasteiger partial charge in [0.05, 0.1) is 36.6 Å². The number of carbonyl (C=O) groups is 2. The van der Waals surface area contributed by atoms with Crippen LogP contribution in [0, 0.1) is 0 Å². The number of anilines is 2. The first-order valence-corrected chi connectivity index (χ1v) is 11.9. The molecule has 37 heavy (non-hydrogen) atoms. The number of benzene rings is 3. The molecule has 4 rings (SSSR count). The Morgan fingerprint density at radius 2 is 1.51 bits per heavy atom. The summed E-state index contributed by atoms with van der Waals surface area (Å²) in [5.74, 6) is -1.59. The Balaban J connectivity index is 1.43. The third-order valence-corrected chi connectivity index (χ3v) is 6.09. The second-order valence-corrected chi connectivity index (χ2v) is 8.62. The molecule has 0 unspecified atom stereocenters. The maximum absolute atomic E-state index is 13.3. The standard InChI is InChI=1S/C28H27F3N2O4/c29-28(30,31)22-11-12-25(33-13-15-36-16-14-33)24(17-22)32-26(34)19-37-27(35)18-23(20-7-3-1-4-8-20)21-9-5-2-6-10-21/h1-12,17,23H,13-16,18-19H2,(H,32,34). The third kappa shape index (κ3) is 7.10. The largest absolute Gasteiger partial charge is 0.456 e. The molecule has 0 saturated carbocycles. The average molecular weight is 513 g/mol. The molecule has 1 heterocycles. The van der Waals surface area contributed by atoms with Crippen molar-refractivity contribution in [2.24, 2.45) is 0 Å². The summed E-state index contributed by atoms with van der Waals surface area (Å²) in [5, 5.41) is 2.49. The van der Waals surface area contributed by atoms with Crippen LogP contribution in [0.15, 0.2) is 78.9 Å². The summed E-state index contributed by atoms with van der Waals surface area (Å²) < 4.78 is 50.5. The smallest absolute Gasteiger partial charge is 0.416 e. The van der Waals surface area contributed by atoms with Crippen LogP contribution in [-0.2, 0) is 25.2 Å². The molecule has 3 aromatic carbocycles. The summed E-state index contributed by atoms with van der Waals surface area (Å²) in [6.45, 7) is 1.19. The minimum absolute atomic E-state index is 0.00386. The van der Waals surface area contributed by atoms with Gasteiger partial charge in [0.1, 0.15) is 0 Å². The van der Waals surface area contributed by atoms with Crippen LogP contribution in [0.2, 0.25) is 0 Å². The van der Waals surface area contributed by atoms with Gasteiger partial charge in [0.25, 0.3) is 5.91 Å².